The van der Waals surface area contributed by atoms with Gasteiger partial charge in [-0.15, -0.1) is 11.8 Å². The minimum Gasteiger partial charge on any atom is -0.480 e. The number of carbonyl (C=O) groups is 1. The van der Waals surface area contributed by atoms with E-state index in [1.807, 2.05) is 6.26 Å². The fraction of sp³-hybridized carbons (Fsp3) is 0.133. The van der Waals surface area contributed by atoms with Crippen molar-refractivity contribution < 1.29 is 18.3 Å². The van der Waals surface area contributed by atoms with E-state index in [1.165, 1.54) is 36.0 Å². The maximum atomic E-state index is 12.8. The summed E-state index contributed by atoms with van der Waals surface area (Å²) in [5.74, 6) is -1.26. The van der Waals surface area contributed by atoms with Crippen LogP contribution in [0, 0.1) is 0 Å². The number of hydrogen-bond donors (Lipinski definition) is 1. The van der Waals surface area contributed by atoms with Gasteiger partial charge in [0.1, 0.15) is 6.54 Å². The first-order valence-electron chi connectivity index (χ1n) is 6.49. The van der Waals surface area contributed by atoms with Crippen LogP contribution in [0.4, 0.5) is 5.69 Å². The van der Waals surface area contributed by atoms with Crippen molar-refractivity contribution in [2.45, 2.75) is 9.79 Å². The molecule has 8 heteroatoms. The van der Waals surface area contributed by atoms with Crippen molar-refractivity contribution in [2.75, 3.05) is 17.1 Å². The minimum atomic E-state index is -4.01. The standard InChI is InChI=1S/C15H14ClNO4S2/c1-22-13-5-7-14(8-6-13)23(20,21)17(10-15(18)19)12-4-2-3-11(16)9-12/h2-9H,10H2,1H3,(H,18,19). The Labute approximate surface area is 143 Å². The molecule has 0 bridgehead atoms. The van der Waals surface area contributed by atoms with Crippen molar-refractivity contribution in [3.05, 3.63) is 53.6 Å². The Morgan fingerprint density at radius 3 is 2.39 bits per heavy atom. The lowest BCUT2D eigenvalue weighted by molar-refractivity contribution is -0.135. The van der Waals surface area contributed by atoms with E-state index in [0.29, 0.717) is 5.02 Å². The summed E-state index contributed by atoms with van der Waals surface area (Å²) in [5.41, 5.74) is 0.203. The molecule has 0 aliphatic heterocycles. The quantitative estimate of drug-likeness (QED) is 0.788. The number of nitrogens with zero attached hydrogens (tertiary/aromatic N) is 1. The molecule has 1 N–H and O–H groups in total. The molecule has 0 aliphatic carbocycles. The highest BCUT2D eigenvalue weighted by Crippen LogP contribution is 2.27. The van der Waals surface area contributed by atoms with E-state index in [9.17, 15) is 13.2 Å². The molecule has 23 heavy (non-hydrogen) atoms. The largest absolute Gasteiger partial charge is 0.480 e. The summed E-state index contributed by atoms with van der Waals surface area (Å²) >= 11 is 7.37. The lowest BCUT2D eigenvalue weighted by atomic mass is 10.3. The summed E-state index contributed by atoms with van der Waals surface area (Å²) < 4.78 is 26.4. The zero-order valence-corrected chi connectivity index (χ0v) is 14.5. The predicted octanol–water partition coefficient (Wildman–Crippen LogP) is 3.34. The highest BCUT2D eigenvalue weighted by Gasteiger charge is 2.27. The third-order valence-corrected chi connectivity index (χ3v) is 5.79. The van der Waals surface area contributed by atoms with E-state index >= 15 is 0 Å². The Morgan fingerprint density at radius 2 is 1.87 bits per heavy atom. The van der Waals surface area contributed by atoms with Gasteiger partial charge in [0.05, 0.1) is 10.6 Å². The highest BCUT2D eigenvalue weighted by molar-refractivity contribution is 7.98. The molecule has 122 valence electrons. The Balaban J connectivity index is 2.50. The molecule has 0 amide bonds. The normalized spacial score (nSPS) is 11.2. The molecule has 0 heterocycles. The van der Waals surface area contributed by atoms with Gasteiger partial charge in [-0.05, 0) is 48.7 Å². The second kappa shape index (κ2) is 7.25. The van der Waals surface area contributed by atoms with E-state index < -0.39 is 22.5 Å². The third-order valence-electron chi connectivity index (χ3n) is 3.02. The highest BCUT2D eigenvalue weighted by atomic mass is 35.5. The first-order valence-corrected chi connectivity index (χ1v) is 9.53. The van der Waals surface area contributed by atoms with E-state index in [4.69, 9.17) is 16.7 Å². The molecule has 0 saturated carbocycles. The van der Waals surface area contributed by atoms with E-state index in [1.54, 1.807) is 24.3 Å². The molecule has 0 saturated heterocycles. The van der Waals surface area contributed by atoms with Crippen LogP contribution in [0.2, 0.25) is 5.02 Å². The van der Waals surface area contributed by atoms with Crippen molar-refractivity contribution >= 4 is 45.0 Å². The second-order valence-electron chi connectivity index (χ2n) is 4.56. The molecule has 0 aromatic heterocycles. The molecule has 2 rings (SSSR count). The molecule has 2 aromatic carbocycles. The van der Waals surface area contributed by atoms with Crippen molar-refractivity contribution in [1.29, 1.82) is 0 Å². The van der Waals surface area contributed by atoms with Gasteiger partial charge in [0, 0.05) is 9.92 Å². The molecule has 0 radical (unpaired) electrons. The van der Waals surface area contributed by atoms with Gasteiger partial charge in [0.25, 0.3) is 10.0 Å². The average molecular weight is 372 g/mol. The van der Waals surface area contributed by atoms with Crippen molar-refractivity contribution in [3.8, 4) is 0 Å². The van der Waals surface area contributed by atoms with Gasteiger partial charge >= 0.3 is 5.97 Å². The van der Waals surface area contributed by atoms with Crippen LogP contribution in [0.5, 0.6) is 0 Å². The molecule has 5 nitrogen and oxygen atoms in total. The van der Waals surface area contributed by atoms with Gasteiger partial charge in [-0.3, -0.25) is 9.10 Å². The second-order valence-corrected chi connectivity index (χ2v) is 7.74. The smallest absolute Gasteiger partial charge is 0.324 e. The molecule has 0 unspecified atom stereocenters. The number of anilines is 1. The molecule has 0 aliphatic rings. The third kappa shape index (κ3) is 4.19. The van der Waals surface area contributed by atoms with Crippen LogP contribution in [0.3, 0.4) is 0 Å². The zero-order chi connectivity index (χ0) is 17.0. The lowest BCUT2D eigenvalue weighted by Crippen LogP contribution is -2.35. The number of hydrogen-bond acceptors (Lipinski definition) is 4. The lowest BCUT2D eigenvalue weighted by Gasteiger charge is -2.23. The van der Waals surface area contributed by atoms with Crippen LogP contribution in [0.25, 0.3) is 0 Å². The first kappa shape index (κ1) is 17.7. The first-order chi connectivity index (χ1) is 10.8. The molecular weight excluding hydrogens is 358 g/mol. The Morgan fingerprint density at radius 1 is 1.22 bits per heavy atom. The van der Waals surface area contributed by atoms with Gasteiger partial charge in [-0.2, -0.15) is 0 Å². The van der Waals surface area contributed by atoms with Gasteiger partial charge in [-0.25, -0.2) is 8.42 Å². The summed E-state index contributed by atoms with van der Waals surface area (Å²) in [6, 6.07) is 12.3. The number of halogens is 1. The van der Waals surface area contributed by atoms with E-state index in [2.05, 4.69) is 0 Å². The summed E-state index contributed by atoms with van der Waals surface area (Å²) in [6.07, 6.45) is 1.88. The van der Waals surface area contributed by atoms with Gasteiger partial charge in [0.15, 0.2) is 0 Å². The fourth-order valence-electron chi connectivity index (χ4n) is 1.94. The Bertz CT molecular complexity index is 806. The fourth-order valence-corrected chi connectivity index (χ4v) is 3.94. The summed E-state index contributed by atoms with van der Waals surface area (Å²) in [5, 5.41) is 9.39. The zero-order valence-electron chi connectivity index (χ0n) is 12.1. The van der Waals surface area contributed by atoms with Gasteiger partial charge in [0.2, 0.25) is 0 Å². The topological polar surface area (TPSA) is 74.7 Å². The van der Waals surface area contributed by atoms with Crippen LogP contribution >= 0.6 is 23.4 Å². The number of benzene rings is 2. The van der Waals surface area contributed by atoms with E-state index in [-0.39, 0.29) is 10.6 Å². The van der Waals surface area contributed by atoms with E-state index in [0.717, 1.165) is 9.20 Å². The SMILES string of the molecule is CSc1ccc(S(=O)(=O)N(CC(=O)O)c2cccc(Cl)c2)cc1. The molecule has 0 spiro atoms. The molecule has 0 atom stereocenters. The molecule has 2 aromatic rings. The average Bonchev–Trinajstić information content (AvgIpc) is 2.52. The molecular formula is C15H14ClNO4S2. The van der Waals surface area contributed by atoms with Gasteiger partial charge < -0.3 is 5.11 Å². The number of sulfonamides is 1. The number of thioether (sulfide) groups is 1. The maximum Gasteiger partial charge on any atom is 0.324 e. The maximum absolute atomic E-state index is 12.8. The molecule has 0 fully saturated rings. The number of aliphatic carboxylic acids is 1. The number of carboxylic acid groups (broad SMARTS) is 1. The number of carboxylic acids is 1. The minimum absolute atomic E-state index is 0.0246. The Hall–Kier alpha value is -1.70. The predicted molar refractivity (Wildman–Crippen MR) is 91.8 cm³/mol. The monoisotopic (exact) mass is 371 g/mol. The van der Waals surface area contributed by atoms with Crippen molar-refractivity contribution in [1.82, 2.24) is 0 Å². The van der Waals surface area contributed by atoms with Crippen LogP contribution in [-0.4, -0.2) is 32.3 Å². The van der Waals surface area contributed by atoms with Crippen LogP contribution in [0.15, 0.2) is 58.3 Å². The van der Waals surface area contributed by atoms with Crippen LogP contribution in [0.1, 0.15) is 0 Å². The summed E-state index contributed by atoms with van der Waals surface area (Å²) in [6.45, 7) is -0.688. The van der Waals surface area contributed by atoms with Crippen molar-refractivity contribution in [3.63, 3.8) is 0 Å². The summed E-state index contributed by atoms with van der Waals surface area (Å²) in [4.78, 5) is 12.0. The van der Waals surface area contributed by atoms with Crippen LogP contribution in [-0.2, 0) is 14.8 Å². The number of rotatable bonds is 6. The van der Waals surface area contributed by atoms with Gasteiger partial charge in [-0.1, -0.05) is 17.7 Å². The summed E-state index contributed by atoms with van der Waals surface area (Å²) in [7, 11) is -4.01. The van der Waals surface area contributed by atoms with Crippen molar-refractivity contribution in [2.24, 2.45) is 0 Å². The Kier molecular flexibility index (Phi) is 5.56. The van der Waals surface area contributed by atoms with Crippen LogP contribution < -0.4 is 4.31 Å².